The number of rotatable bonds is 1. The molecule has 1 N–H and O–H groups in total. The van der Waals surface area contributed by atoms with Crippen LogP contribution < -0.4 is 0 Å². The molecule has 0 amide bonds. The number of hydrogen-bond donors (Lipinski definition) is 1. The molecular weight excluding hydrogens is 124 g/mol. The lowest BCUT2D eigenvalue weighted by molar-refractivity contribution is 0.326. The van der Waals surface area contributed by atoms with E-state index in [0.717, 1.165) is 18.4 Å². The fourth-order valence-corrected chi connectivity index (χ4v) is 0.784. The van der Waals surface area contributed by atoms with E-state index in [1.54, 1.807) is 0 Å². The lowest BCUT2D eigenvalue weighted by Gasteiger charge is -2.02. The molecule has 0 saturated carbocycles. The zero-order valence-corrected chi connectivity index (χ0v) is 6.80. The van der Waals surface area contributed by atoms with Crippen molar-refractivity contribution in [1.29, 1.82) is 0 Å². The summed E-state index contributed by atoms with van der Waals surface area (Å²) >= 11 is 0. The van der Waals surface area contributed by atoms with Crippen LogP contribution >= 0.6 is 0 Å². The van der Waals surface area contributed by atoms with Crippen LogP contribution in [0, 0.1) is 0 Å². The van der Waals surface area contributed by atoms with Crippen LogP contribution in [0.3, 0.4) is 0 Å². The highest BCUT2D eigenvalue weighted by Gasteiger charge is 1.94. The van der Waals surface area contributed by atoms with Crippen molar-refractivity contribution in [2.24, 2.45) is 0 Å². The van der Waals surface area contributed by atoms with Gasteiger partial charge in [0.1, 0.15) is 0 Å². The van der Waals surface area contributed by atoms with Gasteiger partial charge in [-0.1, -0.05) is 32.1 Å². The molecule has 58 valence electrons. The first kappa shape index (κ1) is 9.44. The monoisotopic (exact) mass is 140 g/mol. The highest BCUT2D eigenvalue weighted by Crippen LogP contribution is 2.09. The second-order valence-corrected chi connectivity index (χ2v) is 1.95. The zero-order valence-electron chi connectivity index (χ0n) is 6.80. The van der Waals surface area contributed by atoms with Crippen molar-refractivity contribution < 1.29 is 5.11 Å². The molecule has 0 bridgehead atoms. The molecule has 0 atom stereocenters. The lowest BCUT2D eigenvalue weighted by atomic mass is 10.1. The van der Waals surface area contributed by atoms with Gasteiger partial charge in [-0.15, -0.1) is 0 Å². The Balaban J connectivity index is 0.000000371. The molecule has 1 heteroatoms. The van der Waals surface area contributed by atoms with Gasteiger partial charge in [-0.2, -0.15) is 0 Å². The van der Waals surface area contributed by atoms with Crippen LogP contribution in [-0.2, 0) is 0 Å². The van der Waals surface area contributed by atoms with Gasteiger partial charge in [0.05, 0.1) is 6.61 Å². The van der Waals surface area contributed by atoms with Crippen LogP contribution in [-0.4, -0.2) is 11.7 Å². The largest absolute Gasteiger partial charge is 0.392 e. The molecule has 0 aromatic carbocycles. The van der Waals surface area contributed by atoms with E-state index < -0.39 is 0 Å². The summed E-state index contributed by atoms with van der Waals surface area (Å²) in [4.78, 5) is 0. The van der Waals surface area contributed by atoms with Gasteiger partial charge in [0.15, 0.2) is 0 Å². The average Bonchev–Trinajstić information content (AvgIpc) is 2.10. The molecule has 10 heavy (non-hydrogen) atoms. The summed E-state index contributed by atoms with van der Waals surface area (Å²) in [5, 5.41) is 8.59. The number of hydrogen-bond acceptors (Lipinski definition) is 1. The van der Waals surface area contributed by atoms with Gasteiger partial charge < -0.3 is 5.11 Å². The van der Waals surface area contributed by atoms with Gasteiger partial charge in [0.2, 0.25) is 0 Å². The third kappa shape index (κ3) is 3.46. The van der Waals surface area contributed by atoms with Crippen LogP contribution in [0.2, 0.25) is 0 Å². The van der Waals surface area contributed by atoms with Gasteiger partial charge in [-0.05, 0) is 18.4 Å². The Morgan fingerprint density at radius 1 is 1.50 bits per heavy atom. The summed E-state index contributed by atoms with van der Waals surface area (Å²) in [7, 11) is 0. The van der Waals surface area contributed by atoms with E-state index in [0.29, 0.717) is 0 Å². The van der Waals surface area contributed by atoms with Crippen molar-refractivity contribution in [3.05, 3.63) is 23.8 Å². The predicted octanol–water partition coefficient (Wildman–Crippen LogP) is 2.28. The SMILES string of the molecule is CC.OCC1=CC=CCC1. The molecule has 0 spiro atoms. The predicted molar refractivity (Wildman–Crippen MR) is 44.9 cm³/mol. The van der Waals surface area contributed by atoms with Gasteiger partial charge >= 0.3 is 0 Å². The van der Waals surface area contributed by atoms with Gasteiger partial charge in [0, 0.05) is 0 Å². The highest BCUT2D eigenvalue weighted by atomic mass is 16.3. The average molecular weight is 140 g/mol. The molecule has 0 aliphatic heterocycles. The minimum atomic E-state index is 0.227. The number of aliphatic hydroxyl groups excluding tert-OH is 1. The van der Waals surface area contributed by atoms with Gasteiger partial charge in [-0.3, -0.25) is 0 Å². The molecule has 1 aliphatic carbocycles. The van der Waals surface area contributed by atoms with Crippen LogP contribution in [0.15, 0.2) is 23.8 Å². The lowest BCUT2D eigenvalue weighted by Crippen LogP contribution is -1.91. The minimum Gasteiger partial charge on any atom is -0.392 e. The molecule has 1 aliphatic rings. The summed E-state index contributed by atoms with van der Waals surface area (Å²) in [5.41, 5.74) is 1.15. The second kappa shape index (κ2) is 6.56. The topological polar surface area (TPSA) is 20.2 Å². The molecule has 0 saturated heterocycles. The van der Waals surface area contributed by atoms with Crippen LogP contribution in [0.1, 0.15) is 26.7 Å². The van der Waals surface area contributed by atoms with Crippen molar-refractivity contribution in [2.75, 3.05) is 6.61 Å². The molecule has 0 aromatic rings. The number of aliphatic hydroxyl groups is 1. The molecular formula is C9H16O. The molecule has 0 radical (unpaired) electrons. The van der Waals surface area contributed by atoms with E-state index in [1.807, 2.05) is 26.0 Å². The quantitative estimate of drug-likeness (QED) is 0.592. The first-order chi connectivity index (χ1) is 4.93. The molecule has 0 unspecified atom stereocenters. The third-order valence-corrected chi connectivity index (χ3v) is 1.30. The van der Waals surface area contributed by atoms with Crippen molar-refractivity contribution >= 4 is 0 Å². The Labute approximate surface area is 63.1 Å². The van der Waals surface area contributed by atoms with Crippen molar-refractivity contribution in [3.63, 3.8) is 0 Å². The van der Waals surface area contributed by atoms with E-state index in [-0.39, 0.29) is 6.61 Å². The Morgan fingerprint density at radius 3 is 2.50 bits per heavy atom. The Morgan fingerprint density at radius 2 is 2.20 bits per heavy atom. The van der Waals surface area contributed by atoms with E-state index >= 15 is 0 Å². The van der Waals surface area contributed by atoms with Crippen molar-refractivity contribution in [1.82, 2.24) is 0 Å². The van der Waals surface area contributed by atoms with Crippen molar-refractivity contribution in [3.8, 4) is 0 Å². The Bertz CT molecular complexity index is 123. The third-order valence-electron chi connectivity index (χ3n) is 1.30. The fraction of sp³-hybridized carbons (Fsp3) is 0.556. The van der Waals surface area contributed by atoms with E-state index in [4.69, 9.17) is 5.11 Å². The fourth-order valence-electron chi connectivity index (χ4n) is 0.784. The van der Waals surface area contributed by atoms with E-state index in [1.165, 1.54) is 0 Å². The van der Waals surface area contributed by atoms with Gasteiger partial charge in [0.25, 0.3) is 0 Å². The maximum absolute atomic E-state index is 8.59. The second-order valence-electron chi connectivity index (χ2n) is 1.95. The summed E-state index contributed by atoms with van der Waals surface area (Å²) < 4.78 is 0. The minimum absolute atomic E-state index is 0.227. The molecule has 1 rings (SSSR count). The smallest absolute Gasteiger partial charge is 0.0644 e. The van der Waals surface area contributed by atoms with E-state index in [2.05, 4.69) is 6.08 Å². The molecule has 0 fully saturated rings. The van der Waals surface area contributed by atoms with Crippen LogP contribution in [0.4, 0.5) is 0 Å². The Hall–Kier alpha value is -0.560. The molecule has 1 nitrogen and oxygen atoms in total. The van der Waals surface area contributed by atoms with Crippen LogP contribution in [0.25, 0.3) is 0 Å². The van der Waals surface area contributed by atoms with Crippen molar-refractivity contribution in [2.45, 2.75) is 26.7 Å². The maximum atomic E-state index is 8.59. The first-order valence-electron chi connectivity index (χ1n) is 3.89. The molecule has 0 heterocycles. The van der Waals surface area contributed by atoms with E-state index in [9.17, 15) is 0 Å². The number of allylic oxidation sites excluding steroid dienone is 3. The highest BCUT2D eigenvalue weighted by molar-refractivity contribution is 5.17. The summed E-state index contributed by atoms with van der Waals surface area (Å²) in [6.07, 6.45) is 8.21. The standard InChI is InChI=1S/C7H10O.C2H6/c8-6-7-4-2-1-3-5-7;1-2/h1-2,4,8H,3,5-6H2;1-2H3. The normalized spacial score (nSPS) is 15.3. The zero-order chi connectivity index (χ0) is 7.82. The van der Waals surface area contributed by atoms with Crippen LogP contribution in [0.5, 0.6) is 0 Å². The Kier molecular flexibility index (Phi) is 6.19. The summed E-state index contributed by atoms with van der Waals surface area (Å²) in [6, 6.07) is 0. The molecule has 0 aromatic heterocycles. The summed E-state index contributed by atoms with van der Waals surface area (Å²) in [6.45, 7) is 4.23. The summed E-state index contributed by atoms with van der Waals surface area (Å²) in [5.74, 6) is 0. The maximum Gasteiger partial charge on any atom is 0.0644 e. The van der Waals surface area contributed by atoms with Gasteiger partial charge in [-0.25, -0.2) is 0 Å². The first-order valence-corrected chi connectivity index (χ1v) is 3.89.